The summed E-state index contributed by atoms with van der Waals surface area (Å²) in [6, 6.07) is 8.26. The SMILES string of the molecule is C=C(/C=C1/N=C(C(=O)N2CCCCCC2C)C=C(CC(C)C)N1C)c1ccc(-c2ccc(C(=O)OCC)cn2)cc1F. The van der Waals surface area contributed by atoms with E-state index in [-0.39, 0.29) is 18.6 Å². The Morgan fingerprint density at radius 3 is 2.64 bits per heavy atom. The van der Waals surface area contributed by atoms with Gasteiger partial charge in [-0.2, -0.15) is 0 Å². The molecule has 0 radical (unpaired) electrons. The highest BCUT2D eigenvalue weighted by molar-refractivity contribution is 6.43. The van der Waals surface area contributed by atoms with Gasteiger partial charge in [0.25, 0.3) is 5.91 Å². The summed E-state index contributed by atoms with van der Waals surface area (Å²) in [6.45, 7) is 13.3. The van der Waals surface area contributed by atoms with Crippen molar-refractivity contribution in [3.05, 3.63) is 83.7 Å². The molecule has 0 spiro atoms. The molecule has 1 aromatic carbocycles. The Bertz CT molecular complexity index is 1420. The highest BCUT2D eigenvalue weighted by Crippen LogP contribution is 2.30. The van der Waals surface area contributed by atoms with Crippen molar-refractivity contribution in [2.75, 3.05) is 20.2 Å². The van der Waals surface area contributed by atoms with Crippen molar-refractivity contribution in [2.24, 2.45) is 10.9 Å². The van der Waals surface area contributed by atoms with Crippen molar-refractivity contribution in [1.29, 1.82) is 0 Å². The molecule has 1 fully saturated rings. The van der Waals surface area contributed by atoms with Gasteiger partial charge in [0.1, 0.15) is 17.3 Å². The number of carbonyl (C=O) groups is 2. The molecule has 0 bridgehead atoms. The fraction of sp³-hybridized carbons (Fsp3) is 0.412. The first-order valence-corrected chi connectivity index (χ1v) is 14.8. The van der Waals surface area contributed by atoms with Crippen molar-refractivity contribution < 1.29 is 18.7 Å². The van der Waals surface area contributed by atoms with Crippen molar-refractivity contribution in [3.8, 4) is 11.3 Å². The predicted molar refractivity (Wildman–Crippen MR) is 165 cm³/mol. The average molecular weight is 573 g/mol. The first-order valence-electron chi connectivity index (χ1n) is 14.8. The van der Waals surface area contributed by atoms with Gasteiger partial charge in [-0.25, -0.2) is 14.2 Å². The van der Waals surface area contributed by atoms with E-state index in [0.29, 0.717) is 45.4 Å². The summed E-state index contributed by atoms with van der Waals surface area (Å²) < 4.78 is 20.4. The van der Waals surface area contributed by atoms with Crippen LogP contribution in [-0.4, -0.2) is 58.6 Å². The van der Waals surface area contributed by atoms with Gasteiger partial charge in [-0.15, -0.1) is 0 Å². The maximum atomic E-state index is 15.4. The van der Waals surface area contributed by atoms with Crippen LogP contribution in [0.1, 0.15) is 75.7 Å². The van der Waals surface area contributed by atoms with Gasteiger partial charge in [-0.05, 0) is 75.0 Å². The van der Waals surface area contributed by atoms with Crippen LogP contribution in [-0.2, 0) is 9.53 Å². The van der Waals surface area contributed by atoms with Crippen LogP contribution >= 0.6 is 0 Å². The largest absolute Gasteiger partial charge is 0.462 e. The number of benzene rings is 1. The molecule has 3 heterocycles. The minimum absolute atomic E-state index is 0.0627. The molecule has 222 valence electrons. The number of ether oxygens (including phenoxy) is 1. The molecule has 0 N–H and O–H groups in total. The van der Waals surface area contributed by atoms with Crippen molar-refractivity contribution in [1.82, 2.24) is 14.8 Å². The molecule has 7 nitrogen and oxygen atoms in total. The number of aromatic nitrogens is 1. The molecule has 1 amide bonds. The van der Waals surface area contributed by atoms with Crippen LogP contribution in [0.25, 0.3) is 16.8 Å². The van der Waals surface area contributed by atoms with Crippen molar-refractivity contribution >= 4 is 23.2 Å². The molecule has 1 unspecified atom stereocenters. The lowest BCUT2D eigenvalue weighted by atomic mass is 10.0. The summed E-state index contributed by atoms with van der Waals surface area (Å²) in [5.41, 5.74) is 3.60. The summed E-state index contributed by atoms with van der Waals surface area (Å²) in [5, 5.41) is 0. The number of hydrogen-bond acceptors (Lipinski definition) is 6. The Morgan fingerprint density at radius 2 is 1.98 bits per heavy atom. The lowest BCUT2D eigenvalue weighted by Gasteiger charge is -2.32. The number of aliphatic imine (C=N–C) groups is 1. The van der Waals surface area contributed by atoms with Gasteiger partial charge < -0.3 is 14.5 Å². The van der Waals surface area contributed by atoms with Gasteiger partial charge in [-0.1, -0.05) is 45.4 Å². The third-order valence-corrected chi connectivity index (χ3v) is 7.65. The zero-order chi connectivity index (χ0) is 30.4. The maximum Gasteiger partial charge on any atom is 0.339 e. The Labute approximate surface area is 248 Å². The van der Waals surface area contributed by atoms with Crippen LogP contribution in [0.4, 0.5) is 4.39 Å². The first kappa shape index (κ1) is 30.9. The second kappa shape index (κ2) is 13.7. The molecular weight excluding hydrogens is 531 g/mol. The summed E-state index contributed by atoms with van der Waals surface area (Å²) in [7, 11) is 1.91. The predicted octanol–water partition coefficient (Wildman–Crippen LogP) is 7.03. The van der Waals surface area contributed by atoms with Crippen LogP contribution in [0.15, 0.2) is 71.8 Å². The van der Waals surface area contributed by atoms with E-state index in [0.717, 1.165) is 44.3 Å². The number of esters is 1. The smallest absolute Gasteiger partial charge is 0.339 e. The maximum absolute atomic E-state index is 15.4. The van der Waals surface area contributed by atoms with Crippen molar-refractivity contribution in [2.45, 2.75) is 65.8 Å². The fourth-order valence-electron chi connectivity index (χ4n) is 5.28. The van der Waals surface area contributed by atoms with Crippen LogP contribution in [0.3, 0.4) is 0 Å². The molecule has 0 aliphatic carbocycles. The molecule has 2 aliphatic heterocycles. The molecular formula is C34H41FN4O3. The summed E-state index contributed by atoms with van der Waals surface area (Å²) in [5.74, 6) is -0.0498. The molecule has 0 saturated carbocycles. The number of halogens is 1. The standard InChI is InChI=1S/C34H41FN4O3/c1-7-42-34(41)26-13-15-30(36-21-26)25-12-14-28(29(35)19-25)23(4)18-32-37-31(20-27(38(32)6)17-22(2)3)33(40)39-16-10-8-9-11-24(39)5/h12-15,18-22,24H,4,7-11,16-17H2,1-3,5-6H3/b32-18-. The third kappa shape index (κ3) is 7.22. The normalized spacial score (nSPS) is 18.5. The number of hydrogen-bond donors (Lipinski definition) is 0. The number of rotatable bonds is 8. The van der Waals surface area contributed by atoms with Gasteiger partial charge in [0.05, 0.1) is 17.9 Å². The number of allylic oxidation sites excluding steroid dienone is 3. The minimum atomic E-state index is -0.458. The fourth-order valence-corrected chi connectivity index (χ4v) is 5.28. The number of amides is 1. The quantitative estimate of drug-likeness (QED) is 0.318. The second-order valence-electron chi connectivity index (χ2n) is 11.4. The second-order valence-corrected chi connectivity index (χ2v) is 11.4. The number of carbonyl (C=O) groups excluding carboxylic acids is 2. The molecule has 4 rings (SSSR count). The minimum Gasteiger partial charge on any atom is -0.462 e. The van der Waals surface area contributed by atoms with E-state index in [4.69, 9.17) is 9.73 Å². The van der Waals surface area contributed by atoms with E-state index in [9.17, 15) is 9.59 Å². The van der Waals surface area contributed by atoms with Crippen LogP contribution in [0.2, 0.25) is 0 Å². The van der Waals surface area contributed by atoms with E-state index < -0.39 is 11.8 Å². The number of likely N-dealkylation sites (tertiary alicyclic amines) is 1. The van der Waals surface area contributed by atoms with E-state index in [2.05, 4.69) is 32.3 Å². The molecule has 1 aromatic heterocycles. The number of pyridine rings is 1. The molecule has 2 aliphatic rings. The van der Waals surface area contributed by atoms with Gasteiger partial charge in [0.2, 0.25) is 0 Å². The van der Waals surface area contributed by atoms with E-state index in [1.54, 1.807) is 37.3 Å². The monoisotopic (exact) mass is 572 g/mol. The van der Waals surface area contributed by atoms with Crippen LogP contribution < -0.4 is 0 Å². The van der Waals surface area contributed by atoms with Gasteiger partial charge in [0, 0.05) is 42.7 Å². The van der Waals surface area contributed by atoms with Crippen molar-refractivity contribution in [3.63, 3.8) is 0 Å². The van der Waals surface area contributed by atoms with E-state index >= 15 is 4.39 Å². The van der Waals surface area contributed by atoms with Gasteiger partial charge in [-0.3, -0.25) is 9.78 Å². The zero-order valence-electron chi connectivity index (χ0n) is 25.3. The molecule has 1 saturated heterocycles. The molecule has 1 atom stereocenters. The lowest BCUT2D eigenvalue weighted by molar-refractivity contribution is -0.125. The van der Waals surface area contributed by atoms with Crippen LogP contribution in [0, 0.1) is 11.7 Å². The molecule has 8 heteroatoms. The summed E-state index contributed by atoms with van der Waals surface area (Å²) >= 11 is 0. The van der Waals surface area contributed by atoms with E-state index in [1.165, 1.54) is 12.3 Å². The highest BCUT2D eigenvalue weighted by Gasteiger charge is 2.28. The third-order valence-electron chi connectivity index (χ3n) is 7.65. The zero-order valence-corrected chi connectivity index (χ0v) is 25.3. The van der Waals surface area contributed by atoms with Gasteiger partial charge >= 0.3 is 5.97 Å². The molecule has 2 aromatic rings. The van der Waals surface area contributed by atoms with Crippen LogP contribution in [0.5, 0.6) is 0 Å². The van der Waals surface area contributed by atoms with Gasteiger partial charge in [0.15, 0.2) is 0 Å². The topological polar surface area (TPSA) is 75.1 Å². The first-order chi connectivity index (χ1) is 20.1. The Morgan fingerprint density at radius 1 is 1.19 bits per heavy atom. The summed E-state index contributed by atoms with van der Waals surface area (Å²) in [4.78, 5) is 38.5. The Hall–Kier alpha value is -4.07. The van der Waals surface area contributed by atoms with E-state index in [1.807, 2.05) is 22.9 Å². The number of nitrogens with zero attached hydrogens (tertiary/aromatic N) is 4. The summed E-state index contributed by atoms with van der Waals surface area (Å²) in [6.07, 6.45) is 10.1. The molecule has 42 heavy (non-hydrogen) atoms. The Balaban J connectivity index is 1.61. The Kier molecular flexibility index (Phi) is 10.1. The lowest BCUT2D eigenvalue weighted by Crippen LogP contribution is -2.43. The average Bonchev–Trinajstić information content (AvgIpc) is 3.18. The highest BCUT2D eigenvalue weighted by atomic mass is 19.1.